The van der Waals surface area contributed by atoms with E-state index in [1.165, 1.54) is 18.2 Å². The first-order valence-corrected chi connectivity index (χ1v) is 7.45. The number of phenolic OH excluding ortho intramolecular Hbond substituents is 1. The number of para-hydroxylation sites is 1. The van der Waals surface area contributed by atoms with Crippen LogP contribution in [0.15, 0.2) is 40.9 Å². The predicted molar refractivity (Wildman–Crippen MR) is 82.2 cm³/mol. The van der Waals surface area contributed by atoms with Crippen molar-refractivity contribution < 1.29 is 14.3 Å². The molecular weight excluding hydrogens is 337 g/mol. The van der Waals surface area contributed by atoms with Crippen molar-refractivity contribution in [1.82, 2.24) is 0 Å². The smallest absolute Gasteiger partial charge is 0.258 e. The van der Waals surface area contributed by atoms with E-state index in [0.717, 1.165) is 18.4 Å². The molecule has 21 heavy (non-hydrogen) atoms. The van der Waals surface area contributed by atoms with Crippen molar-refractivity contribution in [2.45, 2.75) is 12.8 Å². The van der Waals surface area contributed by atoms with E-state index in [-0.39, 0.29) is 16.1 Å². The normalized spacial score (nSPS) is 13.9. The Bertz CT molecular complexity index is 717. The van der Waals surface area contributed by atoms with Gasteiger partial charge in [0, 0.05) is 12.1 Å². The maximum absolute atomic E-state index is 13.3. The lowest BCUT2D eigenvalue weighted by molar-refractivity contribution is 0.0984. The fourth-order valence-electron chi connectivity index (χ4n) is 2.62. The largest absolute Gasteiger partial charge is 0.506 e. The van der Waals surface area contributed by atoms with Crippen LogP contribution in [0.4, 0.5) is 10.1 Å². The summed E-state index contributed by atoms with van der Waals surface area (Å²) < 4.78 is 13.5. The van der Waals surface area contributed by atoms with Gasteiger partial charge in [-0.3, -0.25) is 4.79 Å². The van der Waals surface area contributed by atoms with Crippen molar-refractivity contribution in [3.63, 3.8) is 0 Å². The predicted octanol–water partition coefficient (Wildman–Crippen LogP) is 3.89. The average Bonchev–Trinajstić information content (AvgIpc) is 2.49. The molecule has 0 saturated heterocycles. The first-order chi connectivity index (χ1) is 10.1. The zero-order valence-electron chi connectivity index (χ0n) is 11.1. The highest BCUT2D eigenvalue weighted by molar-refractivity contribution is 9.10. The number of aryl methyl sites for hydroxylation is 1. The van der Waals surface area contributed by atoms with Crippen LogP contribution in [0.5, 0.6) is 5.75 Å². The molecule has 0 bridgehead atoms. The number of anilines is 1. The fraction of sp³-hybridized carbons (Fsp3) is 0.188. The minimum atomic E-state index is -0.409. The lowest BCUT2D eigenvalue weighted by Crippen LogP contribution is -2.35. The Morgan fingerprint density at radius 3 is 2.86 bits per heavy atom. The van der Waals surface area contributed by atoms with Gasteiger partial charge in [-0.25, -0.2) is 4.39 Å². The molecule has 3 rings (SSSR count). The number of aromatic hydroxyl groups is 1. The number of rotatable bonds is 1. The zero-order valence-corrected chi connectivity index (χ0v) is 12.7. The monoisotopic (exact) mass is 349 g/mol. The summed E-state index contributed by atoms with van der Waals surface area (Å²) in [6, 6.07) is 9.44. The minimum Gasteiger partial charge on any atom is -0.506 e. The molecule has 1 N–H and O–H groups in total. The molecule has 0 spiro atoms. The molecule has 1 aliphatic heterocycles. The average molecular weight is 350 g/mol. The molecule has 1 heterocycles. The van der Waals surface area contributed by atoms with E-state index >= 15 is 0 Å². The first kappa shape index (κ1) is 14.1. The Labute approximate surface area is 130 Å². The maximum Gasteiger partial charge on any atom is 0.258 e. The summed E-state index contributed by atoms with van der Waals surface area (Å²) in [5, 5.41) is 10.1. The number of amides is 1. The van der Waals surface area contributed by atoms with Crippen molar-refractivity contribution in [3.05, 3.63) is 57.8 Å². The van der Waals surface area contributed by atoms with Crippen LogP contribution in [0.3, 0.4) is 0 Å². The van der Waals surface area contributed by atoms with Gasteiger partial charge in [0.15, 0.2) is 0 Å². The second-order valence-corrected chi connectivity index (χ2v) is 5.83. The summed E-state index contributed by atoms with van der Waals surface area (Å²) in [4.78, 5) is 14.2. The highest BCUT2D eigenvalue weighted by Gasteiger charge is 2.26. The molecule has 0 radical (unpaired) electrons. The highest BCUT2D eigenvalue weighted by atomic mass is 79.9. The Balaban J connectivity index is 2.02. The van der Waals surface area contributed by atoms with Gasteiger partial charge in [-0.1, -0.05) is 12.1 Å². The second kappa shape index (κ2) is 5.48. The highest BCUT2D eigenvalue weighted by Crippen LogP contribution is 2.36. The number of hydrogen-bond acceptors (Lipinski definition) is 2. The molecule has 0 aromatic heterocycles. The molecule has 2 aromatic carbocycles. The van der Waals surface area contributed by atoms with Crippen LogP contribution < -0.4 is 4.90 Å². The summed E-state index contributed by atoms with van der Waals surface area (Å²) >= 11 is 3.09. The third-order valence-electron chi connectivity index (χ3n) is 3.61. The number of halogens is 2. The van der Waals surface area contributed by atoms with E-state index in [2.05, 4.69) is 15.9 Å². The molecule has 0 unspecified atom stereocenters. The van der Waals surface area contributed by atoms with Gasteiger partial charge in [-0.2, -0.15) is 0 Å². The molecule has 1 amide bonds. The molecule has 2 aromatic rings. The van der Waals surface area contributed by atoms with Crippen LogP contribution in [0.2, 0.25) is 0 Å². The number of carbonyl (C=O) groups is 1. The molecule has 0 atom stereocenters. The molecule has 3 nitrogen and oxygen atoms in total. The van der Waals surface area contributed by atoms with E-state index in [1.54, 1.807) is 17.0 Å². The van der Waals surface area contributed by atoms with E-state index in [9.17, 15) is 14.3 Å². The summed E-state index contributed by atoms with van der Waals surface area (Å²) in [5.41, 5.74) is 1.91. The third-order valence-corrected chi connectivity index (χ3v) is 4.22. The molecular formula is C16H13BrFNO2. The van der Waals surface area contributed by atoms with Gasteiger partial charge in [-0.15, -0.1) is 0 Å². The summed E-state index contributed by atoms with van der Waals surface area (Å²) in [7, 11) is 0. The third kappa shape index (κ3) is 2.53. The van der Waals surface area contributed by atoms with E-state index in [1.807, 2.05) is 6.07 Å². The van der Waals surface area contributed by atoms with E-state index in [0.29, 0.717) is 17.8 Å². The first-order valence-electron chi connectivity index (χ1n) is 6.65. The number of carbonyl (C=O) groups excluding carboxylic acids is 1. The van der Waals surface area contributed by atoms with Crippen LogP contribution in [0.25, 0.3) is 0 Å². The van der Waals surface area contributed by atoms with Gasteiger partial charge in [-0.05, 0) is 58.6 Å². The Hall–Kier alpha value is -1.88. The lowest BCUT2D eigenvalue weighted by Gasteiger charge is -2.30. The van der Waals surface area contributed by atoms with Crippen LogP contribution in [-0.2, 0) is 6.42 Å². The summed E-state index contributed by atoms with van der Waals surface area (Å²) in [5.74, 6) is -0.548. The van der Waals surface area contributed by atoms with Gasteiger partial charge in [0.2, 0.25) is 0 Å². The van der Waals surface area contributed by atoms with E-state index < -0.39 is 5.82 Å². The van der Waals surface area contributed by atoms with Gasteiger partial charge in [0.25, 0.3) is 5.91 Å². The van der Waals surface area contributed by atoms with Crippen molar-refractivity contribution in [1.29, 1.82) is 0 Å². The molecule has 0 saturated carbocycles. The molecule has 108 valence electrons. The van der Waals surface area contributed by atoms with Crippen molar-refractivity contribution in [2.24, 2.45) is 0 Å². The van der Waals surface area contributed by atoms with Crippen molar-refractivity contribution in [3.8, 4) is 5.75 Å². The topological polar surface area (TPSA) is 40.5 Å². The molecule has 0 fully saturated rings. The second-order valence-electron chi connectivity index (χ2n) is 4.97. The molecule has 1 aliphatic rings. The van der Waals surface area contributed by atoms with Gasteiger partial charge in [0.1, 0.15) is 11.6 Å². The number of phenols is 1. The van der Waals surface area contributed by atoms with Crippen LogP contribution in [0, 0.1) is 5.82 Å². The SMILES string of the molecule is O=C(c1ccc(F)c(Br)c1)N1CCCc2cccc(O)c21. The summed E-state index contributed by atoms with van der Waals surface area (Å²) in [6.07, 6.45) is 1.67. The van der Waals surface area contributed by atoms with Gasteiger partial charge >= 0.3 is 0 Å². The van der Waals surface area contributed by atoms with E-state index in [4.69, 9.17) is 0 Å². The van der Waals surface area contributed by atoms with Crippen molar-refractivity contribution in [2.75, 3.05) is 11.4 Å². The number of benzene rings is 2. The molecule has 5 heteroatoms. The zero-order chi connectivity index (χ0) is 15.0. The van der Waals surface area contributed by atoms with Gasteiger partial charge in [0.05, 0.1) is 10.2 Å². The van der Waals surface area contributed by atoms with Gasteiger partial charge < -0.3 is 10.0 Å². The quantitative estimate of drug-likeness (QED) is 0.848. The Kier molecular flexibility index (Phi) is 3.68. The number of hydrogen-bond donors (Lipinski definition) is 1. The van der Waals surface area contributed by atoms with Crippen LogP contribution >= 0.6 is 15.9 Å². The van der Waals surface area contributed by atoms with Crippen LogP contribution in [0.1, 0.15) is 22.3 Å². The number of fused-ring (bicyclic) bond motifs is 1. The molecule has 0 aliphatic carbocycles. The Morgan fingerprint density at radius 2 is 2.10 bits per heavy atom. The van der Waals surface area contributed by atoms with Crippen molar-refractivity contribution >= 4 is 27.5 Å². The van der Waals surface area contributed by atoms with Crippen LogP contribution in [-0.4, -0.2) is 17.6 Å². The maximum atomic E-state index is 13.3. The summed E-state index contributed by atoms with van der Waals surface area (Å²) in [6.45, 7) is 0.540. The standard InChI is InChI=1S/C16H13BrFNO2/c17-12-9-11(6-7-13(12)18)16(21)19-8-2-4-10-3-1-5-14(20)15(10)19/h1,3,5-7,9,20H,2,4,8H2. The minimum absolute atomic E-state index is 0.0988. The number of nitrogens with zero attached hydrogens (tertiary/aromatic N) is 1. The Morgan fingerprint density at radius 1 is 1.29 bits per heavy atom. The fourth-order valence-corrected chi connectivity index (χ4v) is 3.00. The lowest BCUT2D eigenvalue weighted by atomic mass is 10.00.